The van der Waals surface area contributed by atoms with Crippen molar-refractivity contribution < 1.29 is 0 Å². The lowest BCUT2D eigenvalue weighted by atomic mass is 9.84. The molecule has 1 unspecified atom stereocenters. The summed E-state index contributed by atoms with van der Waals surface area (Å²) in [6.07, 6.45) is 6.82. The molecule has 0 aliphatic heterocycles. The third kappa shape index (κ3) is 2.62. The van der Waals surface area contributed by atoms with Crippen molar-refractivity contribution in [1.82, 2.24) is 10.2 Å². The van der Waals surface area contributed by atoms with E-state index >= 15 is 0 Å². The maximum absolute atomic E-state index is 4.38. The van der Waals surface area contributed by atoms with Gasteiger partial charge < -0.3 is 5.32 Å². The van der Waals surface area contributed by atoms with E-state index in [1.165, 1.54) is 42.9 Å². The molecular formula is C17H23N3. The Bertz CT molecular complexity index is 588. The zero-order valence-corrected chi connectivity index (χ0v) is 12.4. The molecule has 0 radical (unpaired) electrons. The molecule has 1 fully saturated rings. The molecule has 3 heteroatoms. The zero-order valence-electron chi connectivity index (χ0n) is 12.4. The number of rotatable bonds is 3. The standard InChI is InChI=1S/C17H23N3/c1-12(14-8-4-3-5-9-14)18-17-16-11-7-6-10-15(16)13(2)19-20-17/h6-7,10-12,14H,3-5,8-9H2,1-2H3,(H,18,20). The average molecular weight is 269 g/mol. The number of hydrogen-bond donors (Lipinski definition) is 1. The van der Waals surface area contributed by atoms with Crippen LogP contribution in [0.25, 0.3) is 10.8 Å². The fraction of sp³-hybridized carbons (Fsp3) is 0.529. The summed E-state index contributed by atoms with van der Waals surface area (Å²) in [4.78, 5) is 0. The largest absolute Gasteiger partial charge is 0.365 e. The fourth-order valence-corrected chi connectivity index (χ4v) is 3.31. The minimum atomic E-state index is 0.468. The summed E-state index contributed by atoms with van der Waals surface area (Å²) < 4.78 is 0. The van der Waals surface area contributed by atoms with E-state index in [2.05, 4.69) is 46.7 Å². The van der Waals surface area contributed by atoms with Crippen LogP contribution in [-0.2, 0) is 0 Å². The lowest BCUT2D eigenvalue weighted by Gasteiger charge is -2.28. The van der Waals surface area contributed by atoms with Crippen molar-refractivity contribution in [1.29, 1.82) is 0 Å². The second kappa shape index (κ2) is 5.78. The Morgan fingerprint density at radius 2 is 1.75 bits per heavy atom. The van der Waals surface area contributed by atoms with Gasteiger partial charge in [0.15, 0.2) is 5.82 Å². The third-order valence-corrected chi connectivity index (χ3v) is 4.59. The van der Waals surface area contributed by atoms with Gasteiger partial charge in [-0.15, -0.1) is 5.10 Å². The minimum Gasteiger partial charge on any atom is -0.365 e. The molecule has 20 heavy (non-hydrogen) atoms. The van der Waals surface area contributed by atoms with Crippen LogP contribution < -0.4 is 5.32 Å². The Morgan fingerprint density at radius 1 is 1.05 bits per heavy atom. The first-order valence-electron chi connectivity index (χ1n) is 7.74. The number of nitrogens with one attached hydrogen (secondary N) is 1. The molecule has 0 spiro atoms. The monoisotopic (exact) mass is 269 g/mol. The van der Waals surface area contributed by atoms with Gasteiger partial charge in [0.05, 0.1) is 5.69 Å². The molecule has 1 aliphatic carbocycles. The summed E-state index contributed by atoms with van der Waals surface area (Å²) in [7, 11) is 0. The topological polar surface area (TPSA) is 37.8 Å². The first-order valence-corrected chi connectivity index (χ1v) is 7.74. The lowest BCUT2D eigenvalue weighted by molar-refractivity contribution is 0.328. The van der Waals surface area contributed by atoms with Crippen LogP contribution in [0, 0.1) is 12.8 Å². The van der Waals surface area contributed by atoms with Gasteiger partial charge in [-0.3, -0.25) is 0 Å². The van der Waals surface area contributed by atoms with Crippen molar-refractivity contribution >= 4 is 16.6 Å². The van der Waals surface area contributed by atoms with E-state index in [0.717, 1.165) is 17.4 Å². The van der Waals surface area contributed by atoms with Gasteiger partial charge in [-0.1, -0.05) is 43.5 Å². The SMILES string of the molecule is Cc1nnc(NC(C)C2CCCCC2)c2ccccc12. The van der Waals surface area contributed by atoms with Gasteiger partial charge in [0.2, 0.25) is 0 Å². The Hall–Kier alpha value is -1.64. The molecule has 1 N–H and O–H groups in total. The quantitative estimate of drug-likeness (QED) is 0.901. The third-order valence-electron chi connectivity index (χ3n) is 4.59. The van der Waals surface area contributed by atoms with Crippen LogP contribution in [0.2, 0.25) is 0 Å². The normalized spacial score (nSPS) is 18.1. The summed E-state index contributed by atoms with van der Waals surface area (Å²) in [6.45, 7) is 4.30. The van der Waals surface area contributed by atoms with Crippen LogP contribution in [0.15, 0.2) is 24.3 Å². The van der Waals surface area contributed by atoms with Gasteiger partial charge in [-0.2, -0.15) is 5.10 Å². The number of aromatic nitrogens is 2. The second-order valence-electron chi connectivity index (χ2n) is 6.01. The lowest BCUT2D eigenvalue weighted by Crippen LogP contribution is -2.28. The molecule has 3 nitrogen and oxygen atoms in total. The average Bonchev–Trinajstić information content (AvgIpc) is 2.51. The van der Waals surface area contributed by atoms with Gasteiger partial charge in [-0.25, -0.2) is 0 Å². The number of nitrogens with zero attached hydrogens (tertiary/aromatic N) is 2. The smallest absolute Gasteiger partial charge is 0.156 e. The molecule has 106 valence electrons. The van der Waals surface area contributed by atoms with Gasteiger partial charge >= 0.3 is 0 Å². The van der Waals surface area contributed by atoms with Crippen LogP contribution in [0.5, 0.6) is 0 Å². The van der Waals surface area contributed by atoms with Crippen molar-refractivity contribution in [3.8, 4) is 0 Å². The van der Waals surface area contributed by atoms with E-state index in [-0.39, 0.29) is 0 Å². The summed E-state index contributed by atoms with van der Waals surface area (Å²) in [5.41, 5.74) is 0.997. The van der Waals surface area contributed by atoms with E-state index in [4.69, 9.17) is 0 Å². The van der Waals surface area contributed by atoms with Crippen LogP contribution in [0.1, 0.15) is 44.7 Å². The van der Waals surface area contributed by atoms with E-state index < -0.39 is 0 Å². The molecule has 1 aliphatic rings. The predicted molar refractivity (Wildman–Crippen MR) is 83.9 cm³/mol. The number of anilines is 1. The molecule has 1 aromatic carbocycles. The molecule has 1 atom stereocenters. The van der Waals surface area contributed by atoms with E-state index in [1.54, 1.807) is 0 Å². The fourth-order valence-electron chi connectivity index (χ4n) is 3.31. The number of hydrogen-bond acceptors (Lipinski definition) is 3. The minimum absolute atomic E-state index is 0.468. The Kier molecular flexibility index (Phi) is 3.86. The molecule has 1 heterocycles. The molecule has 0 amide bonds. The number of benzene rings is 1. The maximum Gasteiger partial charge on any atom is 0.156 e. The highest BCUT2D eigenvalue weighted by atomic mass is 15.2. The van der Waals surface area contributed by atoms with Crippen molar-refractivity contribution in [3.63, 3.8) is 0 Å². The van der Waals surface area contributed by atoms with Crippen LogP contribution >= 0.6 is 0 Å². The van der Waals surface area contributed by atoms with Gasteiger partial charge in [-0.05, 0) is 32.6 Å². The van der Waals surface area contributed by atoms with Crippen molar-refractivity contribution in [2.75, 3.05) is 5.32 Å². The van der Waals surface area contributed by atoms with E-state index in [0.29, 0.717) is 6.04 Å². The van der Waals surface area contributed by atoms with Crippen LogP contribution in [0.3, 0.4) is 0 Å². The highest BCUT2D eigenvalue weighted by molar-refractivity contribution is 5.92. The molecule has 0 saturated heterocycles. The van der Waals surface area contributed by atoms with Crippen molar-refractivity contribution in [2.45, 2.75) is 52.0 Å². The van der Waals surface area contributed by atoms with Gasteiger partial charge in [0, 0.05) is 16.8 Å². The molecular weight excluding hydrogens is 246 g/mol. The van der Waals surface area contributed by atoms with Gasteiger partial charge in [0.25, 0.3) is 0 Å². The summed E-state index contributed by atoms with van der Waals surface area (Å²) in [5, 5.41) is 14.7. The summed E-state index contributed by atoms with van der Waals surface area (Å²) in [6, 6.07) is 8.85. The van der Waals surface area contributed by atoms with E-state index in [1.807, 2.05) is 6.92 Å². The molecule has 1 saturated carbocycles. The Morgan fingerprint density at radius 3 is 2.50 bits per heavy atom. The Balaban J connectivity index is 1.85. The highest BCUT2D eigenvalue weighted by Gasteiger charge is 2.21. The highest BCUT2D eigenvalue weighted by Crippen LogP contribution is 2.29. The van der Waals surface area contributed by atoms with Gasteiger partial charge in [0.1, 0.15) is 0 Å². The summed E-state index contributed by atoms with van der Waals surface area (Å²) >= 11 is 0. The molecule has 2 aromatic rings. The zero-order chi connectivity index (χ0) is 13.9. The summed E-state index contributed by atoms with van der Waals surface area (Å²) in [5.74, 6) is 1.70. The molecule has 0 bridgehead atoms. The second-order valence-corrected chi connectivity index (χ2v) is 6.01. The van der Waals surface area contributed by atoms with Crippen molar-refractivity contribution in [2.24, 2.45) is 5.92 Å². The van der Waals surface area contributed by atoms with E-state index in [9.17, 15) is 0 Å². The number of fused-ring (bicyclic) bond motifs is 1. The molecule has 1 aromatic heterocycles. The van der Waals surface area contributed by atoms with Crippen LogP contribution in [-0.4, -0.2) is 16.2 Å². The van der Waals surface area contributed by atoms with Crippen molar-refractivity contribution in [3.05, 3.63) is 30.0 Å². The predicted octanol–water partition coefficient (Wildman–Crippen LogP) is 4.32. The first-order chi connectivity index (χ1) is 9.75. The van der Waals surface area contributed by atoms with Crippen LogP contribution in [0.4, 0.5) is 5.82 Å². The number of aryl methyl sites for hydroxylation is 1. The Labute approximate surface area is 120 Å². The maximum atomic E-state index is 4.38. The first kappa shape index (κ1) is 13.3. The molecule has 3 rings (SSSR count).